The zero-order valence-corrected chi connectivity index (χ0v) is 52.6. The highest BCUT2D eigenvalue weighted by atomic mass is 35.5. The number of nitrogens with two attached hydrogens (primary N) is 2. The van der Waals surface area contributed by atoms with Gasteiger partial charge in [0.2, 0.25) is 39.9 Å². The summed E-state index contributed by atoms with van der Waals surface area (Å²) in [5.74, 6) is 1.12. The normalized spacial score (nSPS) is 15.9. The van der Waals surface area contributed by atoms with Crippen LogP contribution in [0, 0.1) is 43.4 Å². The lowest BCUT2D eigenvalue weighted by atomic mass is 9.86. The van der Waals surface area contributed by atoms with E-state index in [2.05, 4.69) is 66.5 Å². The van der Waals surface area contributed by atoms with Crippen LogP contribution in [0.5, 0.6) is 0 Å². The fraction of sp³-hybridized carbons (Fsp3) is 0.415. The molecule has 87 heavy (non-hydrogen) atoms. The molecule has 6 aromatic heterocycles. The Bertz CT molecular complexity index is 3450. The van der Waals surface area contributed by atoms with Gasteiger partial charge in [-0.15, -0.1) is 0 Å². The monoisotopic (exact) mass is 1340 g/mol. The Kier molecular flexibility index (Phi) is 30.0. The molecular weight excluding hydrogens is 1280 g/mol. The van der Waals surface area contributed by atoms with Gasteiger partial charge in [-0.3, -0.25) is 34.6 Å². The van der Waals surface area contributed by atoms with E-state index in [9.17, 15) is 39.4 Å². The Morgan fingerprint density at radius 3 is 1.71 bits per heavy atom. The number of nitro groups is 2. The number of carbonyl (C=O) groups excluding carboxylic acids is 2. The minimum Gasteiger partial charge on any atom is -0.444 e. The van der Waals surface area contributed by atoms with Crippen molar-refractivity contribution in [1.82, 2.24) is 50.5 Å². The van der Waals surface area contributed by atoms with Crippen LogP contribution in [0.3, 0.4) is 0 Å². The number of nitriles is 1. The summed E-state index contributed by atoms with van der Waals surface area (Å²) in [7, 11) is 0. The molecule has 0 aromatic carbocycles. The number of rotatable bonds is 15. The van der Waals surface area contributed by atoms with Crippen molar-refractivity contribution in [2.75, 3.05) is 29.0 Å². The SMILES string of the molecule is CC(=O)NCc1cc(Cl)ncc1Cl.CC(C)(C)OC(=O)NC1CCC(CNc2nc(Cl)ncc2[N+](=O)[O-])CC1.N#Cc1cc(Cl)ncc1Cl.NC1CCC(CNc2nc(NCc3cc(=O)[nH]cc3Cl)ncc2[N+](=O)[O-])CC1.NCc1cc(=O)[nH]cc1Cl. The maximum Gasteiger partial charge on any atom is 0.407 e. The van der Waals surface area contributed by atoms with E-state index in [4.69, 9.17) is 103 Å². The quantitative estimate of drug-likeness (QED) is 0.0200. The average Bonchev–Trinajstić information content (AvgIpc) is 3.08. The third-order valence-electron chi connectivity index (χ3n) is 12.4. The van der Waals surface area contributed by atoms with Gasteiger partial charge in [-0.25, -0.2) is 24.7 Å². The first kappa shape index (κ1) is 72.2. The molecule has 6 aromatic rings. The molecule has 0 radical (unpaired) electrons. The second-order valence-corrected chi connectivity index (χ2v) is 23.0. The Labute approximate surface area is 534 Å². The summed E-state index contributed by atoms with van der Waals surface area (Å²) in [4.78, 5) is 93.8. The third-order valence-corrected chi connectivity index (χ3v) is 14.4. The summed E-state index contributed by atoms with van der Waals surface area (Å²) < 4.78 is 5.27. The van der Waals surface area contributed by atoms with Gasteiger partial charge in [0.25, 0.3) is 0 Å². The van der Waals surface area contributed by atoms with E-state index in [0.29, 0.717) is 79.9 Å². The van der Waals surface area contributed by atoms with Crippen LogP contribution in [0.4, 0.5) is 33.8 Å². The van der Waals surface area contributed by atoms with Crippen molar-refractivity contribution in [2.45, 2.75) is 116 Å². The van der Waals surface area contributed by atoms with Gasteiger partial charge in [-0.1, -0.05) is 69.6 Å². The van der Waals surface area contributed by atoms with Gasteiger partial charge in [-0.2, -0.15) is 15.2 Å². The maximum absolute atomic E-state index is 11.8. The largest absolute Gasteiger partial charge is 0.444 e. The molecule has 27 nitrogen and oxygen atoms in total. The number of hydrogen-bond donors (Lipinski definition) is 9. The summed E-state index contributed by atoms with van der Waals surface area (Å²) in [5.41, 5.74) is 12.2. The zero-order valence-electron chi connectivity index (χ0n) is 47.3. The summed E-state index contributed by atoms with van der Waals surface area (Å²) >= 11 is 39.9. The number of anilines is 3. The Hall–Kier alpha value is -7.26. The average molecular weight is 1340 g/mol. The predicted molar refractivity (Wildman–Crippen MR) is 335 cm³/mol. The standard InChI is InChI=1S/C17H22ClN7O3.C16H24ClN5O4.C8H8Cl2N2O.C6H2Cl2N2.C6H7ClN2O/c18-13-8-20-15(26)5-11(13)7-22-17-23-9-14(25(27)28)16(24-17)21-6-10-1-3-12(19)4-2-10;1-16(2,3)26-15(23)20-11-6-4-10(5-7-11)8-18-13-12(22(24)25)9-19-14(17)21-13;1-5(13)11-3-6-2-8(10)12-4-7(6)9;7-5-3-10-6(8)1-4(5)2-9;7-5-3-9-6(10)1-4(5)2-8/h5,8-10,12H,1-4,6-7,19H2,(H,20,26)(H2,21,22,23,24);9-11H,4-8H2,1-3H3,(H,20,23)(H,18,19,21);2,4H,3H2,1H3,(H,11,13);1,3H;1,3H,2,8H2,(H,9,10). The van der Waals surface area contributed by atoms with Crippen LogP contribution in [-0.2, 0) is 29.2 Å². The van der Waals surface area contributed by atoms with Crippen LogP contribution in [-0.4, -0.2) is 92.5 Å². The van der Waals surface area contributed by atoms with Crippen LogP contribution in [0.1, 0.15) is 101 Å². The summed E-state index contributed by atoms with van der Waals surface area (Å²) in [6.07, 6.45) is 14.8. The molecule has 11 N–H and O–H groups in total. The number of H-pyrrole nitrogens is 2. The van der Waals surface area contributed by atoms with E-state index >= 15 is 0 Å². The second-order valence-electron chi connectivity index (χ2n) is 20.2. The zero-order chi connectivity index (χ0) is 64.4. The minimum atomic E-state index is -0.541. The molecule has 468 valence electrons. The second kappa shape index (κ2) is 36.1. The van der Waals surface area contributed by atoms with Gasteiger partial charge >= 0.3 is 17.5 Å². The third kappa shape index (κ3) is 26.7. The van der Waals surface area contributed by atoms with Crippen molar-refractivity contribution in [3.8, 4) is 6.07 Å². The van der Waals surface area contributed by atoms with Crippen molar-refractivity contribution in [1.29, 1.82) is 5.26 Å². The molecule has 2 aliphatic rings. The Balaban J connectivity index is 0.000000250. The number of ether oxygens (including phenoxy) is 1. The van der Waals surface area contributed by atoms with Gasteiger partial charge in [-0.05, 0) is 124 Å². The number of carbonyl (C=O) groups is 2. The van der Waals surface area contributed by atoms with Crippen molar-refractivity contribution >= 4 is 122 Å². The lowest BCUT2D eigenvalue weighted by molar-refractivity contribution is -0.384. The molecule has 0 atom stereocenters. The van der Waals surface area contributed by atoms with Gasteiger partial charge < -0.3 is 52.8 Å². The molecule has 8 rings (SSSR count). The molecule has 34 heteroatoms. The number of nitrogens with one attached hydrogen (secondary N) is 7. The number of aromatic amines is 2. The molecule has 0 saturated heterocycles. The predicted octanol–water partition coefficient (Wildman–Crippen LogP) is 10.6. The smallest absolute Gasteiger partial charge is 0.407 e. The van der Waals surface area contributed by atoms with E-state index < -0.39 is 21.5 Å². The fourth-order valence-electron chi connectivity index (χ4n) is 7.97. The van der Waals surface area contributed by atoms with E-state index in [1.54, 1.807) is 6.07 Å². The minimum absolute atomic E-state index is 0.0385. The highest BCUT2D eigenvalue weighted by Crippen LogP contribution is 2.29. The molecule has 0 bridgehead atoms. The lowest BCUT2D eigenvalue weighted by Crippen LogP contribution is -2.41. The number of halogens is 7. The first-order valence-corrected chi connectivity index (χ1v) is 29.1. The fourth-order valence-corrected chi connectivity index (χ4v) is 9.11. The van der Waals surface area contributed by atoms with Crippen LogP contribution < -0.4 is 49.2 Å². The van der Waals surface area contributed by atoms with Crippen LogP contribution in [0.15, 0.2) is 71.0 Å². The molecule has 6 heterocycles. The highest BCUT2D eigenvalue weighted by Gasteiger charge is 2.27. The van der Waals surface area contributed by atoms with Crippen LogP contribution in [0.2, 0.25) is 35.7 Å². The number of amides is 2. The Morgan fingerprint density at radius 2 is 1.20 bits per heavy atom. The molecule has 2 fully saturated rings. The van der Waals surface area contributed by atoms with E-state index in [-0.39, 0.29) is 75.0 Å². The van der Waals surface area contributed by atoms with Crippen molar-refractivity contribution < 1.29 is 24.2 Å². The molecule has 0 unspecified atom stereocenters. The van der Waals surface area contributed by atoms with E-state index in [1.807, 2.05) is 26.8 Å². The van der Waals surface area contributed by atoms with Gasteiger partial charge in [0.15, 0.2) is 0 Å². The van der Waals surface area contributed by atoms with Crippen LogP contribution in [0.25, 0.3) is 0 Å². The molecule has 0 aliphatic heterocycles. The topological polar surface area (TPSA) is 409 Å². The van der Waals surface area contributed by atoms with Gasteiger partial charge in [0.1, 0.15) is 34.4 Å². The molecule has 0 spiro atoms. The number of pyridine rings is 4. The Morgan fingerprint density at radius 1 is 0.690 bits per heavy atom. The molecule has 2 aliphatic carbocycles. The lowest BCUT2D eigenvalue weighted by Gasteiger charge is -2.30. The first-order chi connectivity index (χ1) is 41.1. The number of alkyl carbamates (subject to hydrolysis) is 1. The van der Waals surface area contributed by atoms with Gasteiger partial charge in [0.05, 0.1) is 35.5 Å². The number of nitrogens with zero attached hydrogens (tertiary/aromatic N) is 9. The van der Waals surface area contributed by atoms with E-state index in [1.165, 1.54) is 49.9 Å². The van der Waals surface area contributed by atoms with Crippen molar-refractivity contribution in [3.63, 3.8) is 0 Å². The number of hydrogen-bond acceptors (Lipinski definition) is 21. The molecular formula is C53H63Cl7N18O9. The molecule has 2 amide bonds. The number of aromatic nitrogens is 8. The summed E-state index contributed by atoms with van der Waals surface area (Å²) in [6.45, 7) is 8.93. The molecule has 2 saturated carbocycles. The highest BCUT2D eigenvalue weighted by molar-refractivity contribution is 6.33. The van der Waals surface area contributed by atoms with Crippen LogP contribution >= 0.6 is 81.2 Å². The summed E-state index contributed by atoms with van der Waals surface area (Å²) in [6, 6.07) is 8.02. The van der Waals surface area contributed by atoms with Crippen molar-refractivity contribution in [2.24, 2.45) is 23.3 Å². The first-order valence-electron chi connectivity index (χ1n) is 26.5. The summed E-state index contributed by atoms with van der Waals surface area (Å²) in [5, 5.41) is 47.6. The van der Waals surface area contributed by atoms with Crippen molar-refractivity contribution in [3.05, 3.63) is 160 Å². The maximum atomic E-state index is 11.8. The van der Waals surface area contributed by atoms with E-state index in [0.717, 1.165) is 69.3 Å². The van der Waals surface area contributed by atoms with Gasteiger partial charge in [0, 0.05) is 88.7 Å².